The highest BCUT2D eigenvalue weighted by Gasteiger charge is 2.33. The number of ether oxygens (including phenoxy) is 1. The quantitative estimate of drug-likeness (QED) is 0.250. The van der Waals surface area contributed by atoms with Crippen molar-refractivity contribution in [3.63, 3.8) is 0 Å². The number of allylic oxidation sites excluding steroid dienone is 1. The van der Waals surface area contributed by atoms with Gasteiger partial charge in [0.25, 0.3) is 5.56 Å². The van der Waals surface area contributed by atoms with Crippen molar-refractivity contribution in [1.29, 1.82) is 0 Å². The molecule has 1 N–H and O–H groups in total. The number of carbonyl (C=O) groups excluding carboxylic acids is 1. The van der Waals surface area contributed by atoms with Crippen molar-refractivity contribution >= 4 is 41.1 Å². The molecular formula is C31H29N3O5S2. The number of thioether (sulfide) groups is 1. The number of rotatable bonds is 7. The number of carboxylic acid groups (broad SMARTS) is 1. The van der Waals surface area contributed by atoms with E-state index < -0.39 is 18.0 Å². The lowest BCUT2D eigenvalue weighted by Gasteiger charge is -2.24. The first kappa shape index (κ1) is 28.4. The second kappa shape index (κ2) is 11.4. The van der Waals surface area contributed by atoms with Gasteiger partial charge < -0.3 is 14.4 Å². The Morgan fingerprint density at radius 3 is 2.39 bits per heavy atom. The Morgan fingerprint density at radius 1 is 1.10 bits per heavy atom. The summed E-state index contributed by atoms with van der Waals surface area (Å²) in [5, 5.41) is 9.24. The predicted molar refractivity (Wildman–Crippen MR) is 161 cm³/mol. The lowest BCUT2D eigenvalue weighted by Crippen LogP contribution is -2.39. The molecule has 10 heteroatoms. The smallest absolute Gasteiger partial charge is 0.338 e. The molecule has 0 aliphatic carbocycles. The molecule has 8 nitrogen and oxygen atoms in total. The fourth-order valence-corrected chi connectivity index (χ4v) is 6.56. The van der Waals surface area contributed by atoms with Gasteiger partial charge in [-0.05, 0) is 93.6 Å². The zero-order chi connectivity index (χ0) is 29.4. The van der Waals surface area contributed by atoms with Crippen molar-refractivity contribution in [2.24, 2.45) is 4.99 Å². The van der Waals surface area contributed by atoms with Gasteiger partial charge in [0, 0.05) is 22.0 Å². The number of esters is 1. The zero-order valence-corrected chi connectivity index (χ0v) is 24.9. The number of hydrogen-bond acceptors (Lipinski definition) is 7. The van der Waals surface area contributed by atoms with Crippen LogP contribution in [0.2, 0.25) is 0 Å². The van der Waals surface area contributed by atoms with E-state index in [4.69, 9.17) is 4.74 Å². The Kier molecular flexibility index (Phi) is 7.88. The number of hydrogen-bond donors (Lipinski definition) is 1. The predicted octanol–water partition coefficient (Wildman–Crippen LogP) is 4.63. The van der Waals surface area contributed by atoms with Gasteiger partial charge in [-0.1, -0.05) is 23.5 Å². The van der Waals surface area contributed by atoms with Crippen LogP contribution in [0.3, 0.4) is 0 Å². The Balaban J connectivity index is 1.65. The molecule has 5 rings (SSSR count). The summed E-state index contributed by atoms with van der Waals surface area (Å²) in [7, 11) is 0. The second-order valence-corrected chi connectivity index (χ2v) is 11.5. The molecule has 0 amide bonds. The van der Waals surface area contributed by atoms with Crippen LogP contribution < -0.4 is 14.9 Å². The topological polar surface area (TPSA) is 103 Å². The van der Waals surface area contributed by atoms with Gasteiger partial charge in [0.05, 0.1) is 34.0 Å². The maximum absolute atomic E-state index is 14.0. The molecule has 210 valence electrons. The SMILES string of the molecule is CCOC(=O)C1=C(C)N=c2s/c(=C/c3cc(C)n(-c4ccc(C(=O)O)cc4)c3C)c(=O)n2[C@@H]1c1ccc(SC)cc1. The van der Waals surface area contributed by atoms with Gasteiger partial charge in [-0.3, -0.25) is 9.36 Å². The van der Waals surface area contributed by atoms with Crippen LogP contribution in [0.15, 0.2) is 80.5 Å². The third kappa shape index (κ3) is 5.20. The van der Waals surface area contributed by atoms with Crippen LogP contribution in [-0.4, -0.2) is 39.0 Å². The van der Waals surface area contributed by atoms with Crippen LogP contribution in [-0.2, 0) is 9.53 Å². The summed E-state index contributed by atoms with van der Waals surface area (Å²) >= 11 is 2.90. The Hall–Kier alpha value is -4.15. The Bertz CT molecular complexity index is 1880. The monoisotopic (exact) mass is 587 g/mol. The molecule has 0 bridgehead atoms. The van der Waals surface area contributed by atoms with Crippen LogP contribution in [0.5, 0.6) is 0 Å². The van der Waals surface area contributed by atoms with Crippen LogP contribution in [0, 0.1) is 13.8 Å². The molecule has 2 aromatic heterocycles. The summed E-state index contributed by atoms with van der Waals surface area (Å²) in [6.45, 7) is 7.66. The van der Waals surface area contributed by atoms with E-state index in [1.165, 1.54) is 11.3 Å². The standard InChI is InChI=1S/C31H29N3O5S2/c1-6-39-30(38)26-18(3)32-31-34(27(26)20-9-13-24(40-5)14-10-20)28(35)25(41-31)16-22-15-17(2)33(19(22)4)23-11-7-21(8-12-23)29(36)37/h7-16,27H,6H2,1-5H3,(H,36,37)/b25-16+/t27-/m1/s1. The molecule has 0 saturated heterocycles. The third-order valence-corrected chi connectivity index (χ3v) is 8.80. The summed E-state index contributed by atoms with van der Waals surface area (Å²) < 4.78 is 9.49. The zero-order valence-electron chi connectivity index (χ0n) is 23.3. The van der Waals surface area contributed by atoms with Gasteiger partial charge in [-0.2, -0.15) is 0 Å². The van der Waals surface area contributed by atoms with Crippen molar-refractivity contribution in [2.45, 2.75) is 38.6 Å². The van der Waals surface area contributed by atoms with E-state index in [2.05, 4.69) is 4.99 Å². The van der Waals surface area contributed by atoms with E-state index in [0.717, 1.165) is 33.1 Å². The first-order valence-corrected chi connectivity index (χ1v) is 15.0. The minimum atomic E-state index is -0.978. The number of aromatic nitrogens is 2. The number of benzene rings is 2. The van der Waals surface area contributed by atoms with E-state index in [9.17, 15) is 19.5 Å². The van der Waals surface area contributed by atoms with Gasteiger partial charge >= 0.3 is 11.9 Å². The van der Waals surface area contributed by atoms with E-state index >= 15 is 0 Å². The van der Waals surface area contributed by atoms with E-state index in [0.29, 0.717) is 20.6 Å². The highest BCUT2D eigenvalue weighted by atomic mass is 32.2. The molecule has 0 radical (unpaired) electrons. The Labute approximate surface area is 244 Å². The van der Waals surface area contributed by atoms with Crippen molar-refractivity contribution < 1.29 is 19.4 Å². The van der Waals surface area contributed by atoms with E-state index in [1.807, 2.05) is 61.1 Å². The number of carbonyl (C=O) groups is 2. The van der Waals surface area contributed by atoms with E-state index in [1.54, 1.807) is 54.4 Å². The number of thiazole rings is 1. The minimum Gasteiger partial charge on any atom is -0.478 e. The first-order chi connectivity index (χ1) is 19.6. The second-order valence-electron chi connectivity index (χ2n) is 9.59. The third-order valence-electron chi connectivity index (χ3n) is 7.08. The summed E-state index contributed by atoms with van der Waals surface area (Å²) in [5.41, 5.74) is 5.19. The normalized spacial score (nSPS) is 15.0. The van der Waals surface area contributed by atoms with Crippen molar-refractivity contribution in [3.05, 3.63) is 114 Å². The summed E-state index contributed by atoms with van der Waals surface area (Å²) in [6, 6.07) is 15.8. The van der Waals surface area contributed by atoms with Crippen molar-refractivity contribution in [1.82, 2.24) is 9.13 Å². The Morgan fingerprint density at radius 2 is 1.78 bits per heavy atom. The van der Waals surface area contributed by atoms with Crippen LogP contribution in [0.4, 0.5) is 0 Å². The first-order valence-electron chi connectivity index (χ1n) is 13.0. The molecule has 3 heterocycles. The molecule has 0 fully saturated rings. The number of carboxylic acids is 1. The van der Waals surface area contributed by atoms with Gasteiger partial charge in [-0.25, -0.2) is 14.6 Å². The average molecular weight is 588 g/mol. The highest BCUT2D eigenvalue weighted by molar-refractivity contribution is 7.98. The maximum Gasteiger partial charge on any atom is 0.338 e. The molecule has 1 aliphatic heterocycles. The summed E-state index contributed by atoms with van der Waals surface area (Å²) in [4.78, 5) is 44.6. The molecule has 1 aliphatic rings. The van der Waals surface area contributed by atoms with Crippen LogP contribution >= 0.6 is 23.1 Å². The molecule has 4 aromatic rings. The average Bonchev–Trinajstić information content (AvgIpc) is 3.41. The summed E-state index contributed by atoms with van der Waals surface area (Å²) in [6.07, 6.45) is 3.85. The lowest BCUT2D eigenvalue weighted by molar-refractivity contribution is -0.139. The number of aromatic carboxylic acids is 1. The molecule has 0 saturated carbocycles. The molecule has 0 unspecified atom stereocenters. The molecular weight excluding hydrogens is 558 g/mol. The van der Waals surface area contributed by atoms with Crippen LogP contribution in [0.25, 0.3) is 11.8 Å². The molecule has 0 spiro atoms. The number of aryl methyl sites for hydroxylation is 1. The van der Waals surface area contributed by atoms with Gasteiger partial charge in [0.1, 0.15) is 0 Å². The highest BCUT2D eigenvalue weighted by Crippen LogP contribution is 2.32. The molecule has 1 atom stereocenters. The van der Waals surface area contributed by atoms with Crippen molar-refractivity contribution in [3.8, 4) is 5.69 Å². The lowest BCUT2D eigenvalue weighted by atomic mass is 9.96. The van der Waals surface area contributed by atoms with Gasteiger partial charge in [0.15, 0.2) is 4.80 Å². The minimum absolute atomic E-state index is 0.215. The number of nitrogens with zero attached hydrogens (tertiary/aromatic N) is 3. The molecule has 2 aromatic carbocycles. The van der Waals surface area contributed by atoms with Crippen LogP contribution in [0.1, 0.15) is 52.8 Å². The molecule has 41 heavy (non-hydrogen) atoms. The van der Waals surface area contributed by atoms with E-state index in [-0.39, 0.29) is 17.7 Å². The number of fused-ring (bicyclic) bond motifs is 1. The fourth-order valence-electron chi connectivity index (χ4n) is 5.12. The summed E-state index contributed by atoms with van der Waals surface area (Å²) in [5.74, 6) is -1.46. The largest absolute Gasteiger partial charge is 0.478 e. The van der Waals surface area contributed by atoms with Gasteiger partial charge in [0.2, 0.25) is 0 Å². The van der Waals surface area contributed by atoms with Crippen molar-refractivity contribution in [2.75, 3.05) is 12.9 Å². The van der Waals surface area contributed by atoms with Gasteiger partial charge in [-0.15, -0.1) is 11.8 Å². The maximum atomic E-state index is 14.0. The fraction of sp³-hybridized carbons (Fsp3) is 0.226.